The van der Waals surface area contributed by atoms with E-state index in [2.05, 4.69) is 20.4 Å². The molecule has 0 unspecified atom stereocenters. The third-order valence-electron chi connectivity index (χ3n) is 2.06. The van der Waals surface area contributed by atoms with E-state index in [1.165, 1.54) is 12.0 Å². The lowest BCUT2D eigenvalue weighted by Gasteiger charge is -2.25. The molecule has 0 bridgehead atoms. The molecule has 1 rings (SSSR count). The van der Waals surface area contributed by atoms with Gasteiger partial charge in [-0.15, -0.1) is 0 Å². The first-order chi connectivity index (χ1) is 5.18. The monoisotopic (exact) mass is 154 g/mol. The Morgan fingerprint density at radius 3 is 2.91 bits per heavy atom. The fourth-order valence-electron chi connectivity index (χ4n) is 1.53. The fourth-order valence-corrected chi connectivity index (χ4v) is 1.53. The summed E-state index contributed by atoms with van der Waals surface area (Å²) in [5.74, 6) is 0.742. The number of hydrogen-bond donors (Lipinski definition) is 0. The molecule has 0 amide bonds. The Morgan fingerprint density at radius 2 is 2.36 bits per heavy atom. The Labute approximate surface area is 69.4 Å². The second-order valence-corrected chi connectivity index (χ2v) is 3.83. The van der Waals surface area contributed by atoms with Gasteiger partial charge in [0.25, 0.3) is 0 Å². The van der Waals surface area contributed by atoms with Gasteiger partial charge in [-0.05, 0) is 25.2 Å². The third-order valence-corrected chi connectivity index (χ3v) is 2.06. The molecule has 0 aromatic heterocycles. The van der Waals surface area contributed by atoms with Gasteiger partial charge in [-0.3, -0.25) is 0 Å². The van der Waals surface area contributed by atoms with Gasteiger partial charge in [0.05, 0.1) is 12.7 Å². The molecule has 0 N–H and O–H groups in total. The molecule has 1 saturated heterocycles. The van der Waals surface area contributed by atoms with E-state index < -0.39 is 0 Å². The first kappa shape index (κ1) is 8.79. The molecular weight excluding hydrogens is 136 g/mol. The summed E-state index contributed by atoms with van der Waals surface area (Å²) >= 11 is 0. The zero-order valence-electron chi connectivity index (χ0n) is 7.60. The maximum atomic E-state index is 5.60. The first-order valence-electron chi connectivity index (χ1n) is 4.46. The predicted octanol–water partition coefficient (Wildman–Crippen LogP) is 2.77. The highest BCUT2D eigenvalue weighted by Crippen LogP contribution is 2.22. The van der Waals surface area contributed by atoms with Crippen molar-refractivity contribution in [1.82, 2.24) is 0 Å². The molecule has 0 aromatic rings. The van der Waals surface area contributed by atoms with Crippen molar-refractivity contribution >= 4 is 0 Å². The van der Waals surface area contributed by atoms with Crippen molar-refractivity contribution in [3.05, 3.63) is 12.2 Å². The van der Waals surface area contributed by atoms with Crippen molar-refractivity contribution < 1.29 is 4.74 Å². The minimum Gasteiger partial charge on any atom is -0.378 e. The highest BCUT2D eigenvalue weighted by Gasteiger charge is 2.16. The summed E-state index contributed by atoms with van der Waals surface area (Å²) in [5.41, 5.74) is 1.36. The van der Waals surface area contributed by atoms with Crippen LogP contribution < -0.4 is 0 Å². The molecule has 0 aromatic carbocycles. The molecule has 1 fully saturated rings. The SMILES string of the molecule is C=C1CCO[C@@H](CC(C)C)C1. The van der Waals surface area contributed by atoms with Crippen LogP contribution in [0.5, 0.6) is 0 Å². The molecule has 1 atom stereocenters. The van der Waals surface area contributed by atoms with E-state index in [0.29, 0.717) is 6.10 Å². The molecular formula is C10H18O. The van der Waals surface area contributed by atoms with Crippen LogP contribution in [0.15, 0.2) is 12.2 Å². The largest absolute Gasteiger partial charge is 0.378 e. The normalized spacial score (nSPS) is 26.1. The van der Waals surface area contributed by atoms with Crippen molar-refractivity contribution in [1.29, 1.82) is 0 Å². The van der Waals surface area contributed by atoms with E-state index in [1.807, 2.05) is 0 Å². The van der Waals surface area contributed by atoms with Gasteiger partial charge in [-0.1, -0.05) is 26.0 Å². The van der Waals surface area contributed by atoms with Crippen LogP contribution in [0.3, 0.4) is 0 Å². The second-order valence-electron chi connectivity index (χ2n) is 3.83. The molecule has 1 aliphatic rings. The molecule has 0 saturated carbocycles. The summed E-state index contributed by atoms with van der Waals surface area (Å²) in [7, 11) is 0. The minimum absolute atomic E-state index is 0.455. The standard InChI is InChI=1S/C10H18O/c1-8(2)6-10-7-9(3)4-5-11-10/h8,10H,3-7H2,1-2H3/t10-/m0/s1. The van der Waals surface area contributed by atoms with E-state index in [0.717, 1.165) is 25.4 Å². The van der Waals surface area contributed by atoms with E-state index in [1.54, 1.807) is 0 Å². The van der Waals surface area contributed by atoms with E-state index >= 15 is 0 Å². The summed E-state index contributed by atoms with van der Waals surface area (Å²) < 4.78 is 5.60. The quantitative estimate of drug-likeness (QED) is 0.556. The van der Waals surface area contributed by atoms with Gasteiger partial charge in [0.15, 0.2) is 0 Å². The van der Waals surface area contributed by atoms with Gasteiger partial charge >= 0.3 is 0 Å². The summed E-state index contributed by atoms with van der Waals surface area (Å²) in [5, 5.41) is 0. The lowest BCUT2D eigenvalue weighted by atomic mass is 9.97. The van der Waals surface area contributed by atoms with Gasteiger partial charge in [-0.2, -0.15) is 0 Å². The molecule has 1 nitrogen and oxygen atoms in total. The Hall–Kier alpha value is -0.300. The van der Waals surface area contributed by atoms with Crippen molar-refractivity contribution in [2.45, 2.75) is 39.2 Å². The molecule has 0 aliphatic carbocycles. The van der Waals surface area contributed by atoms with E-state index in [-0.39, 0.29) is 0 Å². The van der Waals surface area contributed by atoms with Crippen molar-refractivity contribution in [3.63, 3.8) is 0 Å². The Bertz CT molecular complexity index is 138. The maximum Gasteiger partial charge on any atom is 0.0614 e. The van der Waals surface area contributed by atoms with Crippen LogP contribution in [0.1, 0.15) is 33.1 Å². The average molecular weight is 154 g/mol. The number of ether oxygens (including phenoxy) is 1. The highest BCUT2D eigenvalue weighted by atomic mass is 16.5. The second kappa shape index (κ2) is 3.91. The summed E-state index contributed by atoms with van der Waals surface area (Å²) in [6.07, 6.45) is 3.78. The molecule has 1 heterocycles. The van der Waals surface area contributed by atoms with Crippen molar-refractivity contribution in [2.24, 2.45) is 5.92 Å². The van der Waals surface area contributed by atoms with Crippen LogP contribution in [0.25, 0.3) is 0 Å². The van der Waals surface area contributed by atoms with Gasteiger partial charge in [0, 0.05) is 0 Å². The highest BCUT2D eigenvalue weighted by molar-refractivity contribution is 4.98. The molecule has 11 heavy (non-hydrogen) atoms. The zero-order chi connectivity index (χ0) is 8.27. The summed E-state index contributed by atoms with van der Waals surface area (Å²) in [4.78, 5) is 0. The Kier molecular flexibility index (Phi) is 3.13. The van der Waals surface area contributed by atoms with Crippen LogP contribution in [0, 0.1) is 5.92 Å². The Morgan fingerprint density at radius 1 is 1.64 bits per heavy atom. The lowest BCUT2D eigenvalue weighted by molar-refractivity contribution is 0.0231. The van der Waals surface area contributed by atoms with Crippen LogP contribution in [0.4, 0.5) is 0 Å². The Balaban J connectivity index is 2.28. The van der Waals surface area contributed by atoms with Crippen molar-refractivity contribution in [2.75, 3.05) is 6.61 Å². The third kappa shape index (κ3) is 3.06. The zero-order valence-corrected chi connectivity index (χ0v) is 7.60. The van der Waals surface area contributed by atoms with Gasteiger partial charge in [-0.25, -0.2) is 0 Å². The van der Waals surface area contributed by atoms with Gasteiger partial charge < -0.3 is 4.74 Å². The lowest BCUT2D eigenvalue weighted by Crippen LogP contribution is -2.21. The molecule has 1 aliphatic heterocycles. The molecule has 0 spiro atoms. The van der Waals surface area contributed by atoms with E-state index in [9.17, 15) is 0 Å². The van der Waals surface area contributed by atoms with Crippen LogP contribution in [-0.4, -0.2) is 12.7 Å². The van der Waals surface area contributed by atoms with Gasteiger partial charge in [0.1, 0.15) is 0 Å². The molecule has 1 heteroatoms. The number of hydrogen-bond acceptors (Lipinski definition) is 1. The summed E-state index contributed by atoms with van der Waals surface area (Å²) in [6.45, 7) is 9.35. The maximum absolute atomic E-state index is 5.60. The first-order valence-corrected chi connectivity index (χ1v) is 4.46. The van der Waals surface area contributed by atoms with Crippen LogP contribution in [-0.2, 0) is 4.74 Å². The average Bonchev–Trinajstić information content (AvgIpc) is 1.85. The molecule has 64 valence electrons. The smallest absolute Gasteiger partial charge is 0.0614 e. The van der Waals surface area contributed by atoms with Crippen LogP contribution in [0.2, 0.25) is 0 Å². The van der Waals surface area contributed by atoms with Gasteiger partial charge in [0.2, 0.25) is 0 Å². The van der Waals surface area contributed by atoms with E-state index in [4.69, 9.17) is 4.74 Å². The summed E-state index contributed by atoms with van der Waals surface area (Å²) in [6, 6.07) is 0. The fraction of sp³-hybridized carbons (Fsp3) is 0.800. The topological polar surface area (TPSA) is 9.23 Å². The molecule has 0 radical (unpaired) electrons. The van der Waals surface area contributed by atoms with Crippen LogP contribution >= 0.6 is 0 Å². The predicted molar refractivity (Wildman–Crippen MR) is 47.6 cm³/mol. The number of rotatable bonds is 2. The van der Waals surface area contributed by atoms with Crippen molar-refractivity contribution in [3.8, 4) is 0 Å². The minimum atomic E-state index is 0.455.